The number of halogens is 1. The smallest absolute Gasteiger partial charge is 0.250 e. The molecule has 2 N–H and O–H groups in total. The monoisotopic (exact) mass is 485 g/mol. The molecular formula is C20H24ClN3O5S2. The fraction of sp³-hybridized carbons (Fsp3) is 0.500. The highest BCUT2D eigenvalue weighted by Crippen LogP contribution is 2.31. The number of carbonyl (C=O) groups is 2. The van der Waals surface area contributed by atoms with Gasteiger partial charge in [0.1, 0.15) is 10.3 Å². The van der Waals surface area contributed by atoms with Crippen molar-refractivity contribution in [3.63, 3.8) is 0 Å². The number of amides is 2. The maximum Gasteiger partial charge on any atom is 0.250 e. The fourth-order valence-electron chi connectivity index (χ4n) is 4.18. The van der Waals surface area contributed by atoms with Crippen LogP contribution in [-0.4, -0.2) is 73.5 Å². The molecule has 2 aromatic rings. The molecule has 3 heterocycles. The molecule has 0 unspecified atom stereocenters. The predicted octanol–water partition coefficient (Wildman–Crippen LogP) is 1.81. The van der Waals surface area contributed by atoms with Crippen molar-refractivity contribution in [2.45, 2.75) is 42.0 Å². The number of fused-ring (bicyclic) bond motifs is 1. The first-order chi connectivity index (χ1) is 14.8. The van der Waals surface area contributed by atoms with E-state index in [1.807, 2.05) is 0 Å². The molecule has 31 heavy (non-hydrogen) atoms. The first-order valence-corrected chi connectivity index (χ1v) is 12.9. The summed E-state index contributed by atoms with van der Waals surface area (Å²) in [6.07, 6.45) is 2.55. The van der Waals surface area contributed by atoms with Gasteiger partial charge in [-0.1, -0.05) is 11.6 Å². The van der Waals surface area contributed by atoms with Gasteiger partial charge in [-0.2, -0.15) is 4.72 Å². The third kappa shape index (κ3) is 4.73. The molecule has 2 atom stereocenters. The zero-order valence-corrected chi connectivity index (χ0v) is 19.2. The molecule has 11 heteroatoms. The summed E-state index contributed by atoms with van der Waals surface area (Å²) in [4.78, 5) is 28.6. The molecule has 2 aliphatic heterocycles. The average Bonchev–Trinajstić information content (AvgIpc) is 3.37. The highest BCUT2D eigenvalue weighted by atomic mass is 35.5. The molecule has 8 nitrogen and oxygen atoms in total. The van der Waals surface area contributed by atoms with Gasteiger partial charge >= 0.3 is 0 Å². The predicted molar refractivity (Wildman–Crippen MR) is 119 cm³/mol. The number of thiophene rings is 1. The van der Waals surface area contributed by atoms with Crippen LogP contribution in [-0.2, 0) is 19.6 Å². The number of hydrogen-bond acceptors (Lipinski definition) is 6. The largest absolute Gasteiger partial charge is 0.394 e. The number of piperidine rings is 1. The van der Waals surface area contributed by atoms with Gasteiger partial charge in [0.15, 0.2) is 0 Å². The Kier molecular flexibility index (Phi) is 6.55. The van der Waals surface area contributed by atoms with E-state index in [0.29, 0.717) is 31.0 Å². The number of likely N-dealkylation sites (tertiary alicyclic amines) is 2. The quantitative estimate of drug-likeness (QED) is 0.649. The molecule has 0 radical (unpaired) electrons. The fourth-order valence-corrected chi connectivity index (χ4v) is 6.98. The van der Waals surface area contributed by atoms with Crippen LogP contribution >= 0.6 is 22.9 Å². The third-order valence-electron chi connectivity index (χ3n) is 5.78. The van der Waals surface area contributed by atoms with Crippen LogP contribution < -0.4 is 4.72 Å². The van der Waals surface area contributed by atoms with Gasteiger partial charge in [0, 0.05) is 22.8 Å². The van der Waals surface area contributed by atoms with Gasteiger partial charge in [-0.25, -0.2) is 8.42 Å². The van der Waals surface area contributed by atoms with E-state index in [4.69, 9.17) is 11.6 Å². The zero-order chi connectivity index (χ0) is 22.2. The van der Waals surface area contributed by atoms with E-state index in [9.17, 15) is 23.1 Å². The standard InChI is InChI=1S/C20H24ClN3O5S2/c21-14-5-6-17-13(9-14)10-19(30-17)31(28,29)22-16-4-2-7-23(20(16)27)11-18(26)24-8-1-3-15(24)12-25/h5-6,9-10,15-16,22,25H,1-4,7-8,11-12H2/t15-,16+/m1/s1. The van der Waals surface area contributed by atoms with Gasteiger partial charge in [0.2, 0.25) is 11.8 Å². The van der Waals surface area contributed by atoms with Crippen LogP contribution in [0.25, 0.3) is 10.1 Å². The van der Waals surface area contributed by atoms with Crippen LogP contribution in [0.1, 0.15) is 25.7 Å². The lowest BCUT2D eigenvalue weighted by atomic mass is 10.1. The van der Waals surface area contributed by atoms with Crippen molar-refractivity contribution in [2.75, 3.05) is 26.2 Å². The Morgan fingerprint density at radius 3 is 2.77 bits per heavy atom. The minimum absolute atomic E-state index is 0.0948. The molecule has 2 aliphatic rings. The first-order valence-electron chi connectivity index (χ1n) is 10.2. The van der Waals surface area contributed by atoms with Gasteiger partial charge in [-0.05, 0) is 55.3 Å². The Labute approximate surface area is 189 Å². The number of sulfonamides is 1. The summed E-state index contributed by atoms with van der Waals surface area (Å²) in [6.45, 7) is 0.775. The van der Waals surface area contributed by atoms with Crippen molar-refractivity contribution in [1.82, 2.24) is 14.5 Å². The minimum atomic E-state index is -3.90. The molecule has 0 spiro atoms. The van der Waals surface area contributed by atoms with E-state index in [1.54, 1.807) is 29.2 Å². The van der Waals surface area contributed by atoms with Crippen molar-refractivity contribution < 1.29 is 23.1 Å². The number of aliphatic hydroxyl groups is 1. The Morgan fingerprint density at radius 1 is 1.23 bits per heavy atom. The lowest BCUT2D eigenvalue weighted by Gasteiger charge is -2.33. The highest BCUT2D eigenvalue weighted by molar-refractivity contribution is 7.91. The number of nitrogens with zero attached hydrogens (tertiary/aromatic N) is 2. The maximum absolute atomic E-state index is 12.9. The van der Waals surface area contributed by atoms with Gasteiger partial charge < -0.3 is 14.9 Å². The zero-order valence-electron chi connectivity index (χ0n) is 16.8. The topological polar surface area (TPSA) is 107 Å². The molecule has 0 saturated carbocycles. The first kappa shape index (κ1) is 22.5. The number of benzene rings is 1. The van der Waals surface area contributed by atoms with Crippen molar-refractivity contribution in [3.8, 4) is 0 Å². The number of nitrogens with one attached hydrogen (secondary N) is 1. The molecule has 1 aromatic heterocycles. The number of carbonyl (C=O) groups excluding carboxylic acids is 2. The van der Waals surface area contributed by atoms with Crippen LogP contribution in [0.2, 0.25) is 5.02 Å². The number of aliphatic hydroxyl groups excluding tert-OH is 1. The van der Waals surface area contributed by atoms with E-state index in [1.165, 1.54) is 4.90 Å². The van der Waals surface area contributed by atoms with Gasteiger partial charge in [-0.15, -0.1) is 11.3 Å². The van der Waals surface area contributed by atoms with Crippen molar-refractivity contribution in [1.29, 1.82) is 0 Å². The van der Waals surface area contributed by atoms with Gasteiger partial charge in [-0.3, -0.25) is 9.59 Å². The Balaban J connectivity index is 1.45. The molecular weight excluding hydrogens is 462 g/mol. The van der Waals surface area contributed by atoms with Crippen LogP contribution in [0, 0.1) is 0 Å². The van der Waals surface area contributed by atoms with E-state index in [-0.39, 0.29) is 29.3 Å². The second-order valence-corrected chi connectivity index (χ2v) is 11.4. The average molecular weight is 486 g/mol. The van der Waals surface area contributed by atoms with E-state index < -0.39 is 22.0 Å². The highest BCUT2D eigenvalue weighted by Gasteiger charge is 2.36. The minimum Gasteiger partial charge on any atom is -0.394 e. The van der Waals surface area contributed by atoms with Crippen LogP contribution in [0.5, 0.6) is 0 Å². The summed E-state index contributed by atoms with van der Waals surface area (Å²) in [6, 6.07) is 5.59. The van der Waals surface area contributed by atoms with Crippen molar-refractivity contribution >= 4 is 54.9 Å². The lowest BCUT2D eigenvalue weighted by Crippen LogP contribution is -2.55. The number of rotatable bonds is 6. The van der Waals surface area contributed by atoms with E-state index >= 15 is 0 Å². The van der Waals surface area contributed by atoms with E-state index in [0.717, 1.165) is 34.3 Å². The van der Waals surface area contributed by atoms with Crippen molar-refractivity contribution in [2.24, 2.45) is 0 Å². The number of hydrogen-bond donors (Lipinski definition) is 2. The summed E-state index contributed by atoms with van der Waals surface area (Å²) in [7, 11) is -3.90. The molecule has 4 rings (SSSR count). The summed E-state index contributed by atoms with van der Waals surface area (Å²) in [5.41, 5.74) is 0. The normalized spacial score (nSPS) is 22.5. The molecule has 2 amide bonds. The summed E-state index contributed by atoms with van der Waals surface area (Å²) < 4.78 is 29.3. The summed E-state index contributed by atoms with van der Waals surface area (Å²) >= 11 is 7.10. The molecule has 1 aromatic carbocycles. The lowest BCUT2D eigenvalue weighted by molar-refractivity contribution is -0.143. The molecule has 168 valence electrons. The molecule has 2 fully saturated rings. The molecule has 0 bridgehead atoms. The van der Waals surface area contributed by atoms with Crippen LogP contribution in [0.15, 0.2) is 28.5 Å². The SMILES string of the molecule is O=C1[C@@H](NS(=O)(=O)c2cc3cc(Cl)ccc3s2)CCCN1CC(=O)N1CCC[C@@H]1CO. The van der Waals surface area contributed by atoms with Gasteiger partial charge in [0.05, 0.1) is 19.2 Å². The van der Waals surface area contributed by atoms with Crippen LogP contribution in [0.3, 0.4) is 0 Å². The second-order valence-electron chi connectivity index (χ2n) is 7.89. The Hall–Kier alpha value is -1.72. The summed E-state index contributed by atoms with van der Waals surface area (Å²) in [5.74, 6) is -0.609. The van der Waals surface area contributed by atoms with E-state index in [2.05, 4.69) is 4.72 Å². The van der Waals surface area contributed by atoms with Crippen molar-refractivity contribution in [3.05, 3.63) is 29.3 Å². The molecule has 2 saturated heterocycles. The Morgan fingerprint density at radius 2 is 2.00 bits per heavy atom. The Bertz CT molecular complexity index is 1100. The third-order valence-corrected chi connectivity index (χ3v) is 9.08. The summed E-state index contributed by atoms with van der Waals surface area (Å²) in [5, 5.41) is 10.7. The maximum atomic E-state index is 12.9. The second kappa shape index (κ2) is 9.03. The van der Waals surface area contributed by atoms with Gasteiger partial charge in [0.25, 0.3) is 10.0 Å². The van der Waals surface area contributed by atoms with Crippen LogP contribution in [0.4, 0.5) is 0 Å². The molecule has 0 aliphatic carbocycles.